The van der Waals surface area contributed by atoms with E-state index >= 15 is 0 Å². The number of carbonyl (C=O) groups excluding carboxylic acids is 4. The third-order valence-electron chi connectivity index (χ3n) is 6.63. The number of hydrogen-bond acceptors (Lipinski definition) is 6. The van der Waals surface area contributed by atoms with Crippen LogP contribution in [0.4, 0.5) is 17.1 Å². The van der Waals surface area contributed by atoms with Crippen LogP contribution in [-0.4, -0.2) is 49.0 Å². The molecule has 2 heterocycles. The molecule has 1 saturated carbocycles. The molecular formula is C25H25N3O6. The monoisotopic (exact) mass is 463 g/mol. The Morgan fingerprint density at radius 2 is 1.71 bits per heavy atom. The highest BCUT2D eigenvalue weighted by atomic mass is 16.5. The van der Waals surface area contributed by atoms with Crippen molar-refractivity contribution in [3.05, 3.63) is 48.5 Å². The second-order valence-corrected chi connectivity index (χ2v) is 8.65. The van der Waals surface area contributed by atoms with E-state index in [0.29, 0.717) is 35.7 Å². The van der Waals surface area contributed by atoms with Crippen LogP contribution in [0.3, 0.4) is 0 Å². The molecule has 3 amide bonds. The molecule has 0 atom stereocenters. The van der Waals surface area contributed by atoms with E-state index in [2.05, 4.69) is 5.32 Å². The van der Waals surface area contributed by atoms with Crippen LogP contribution in [0.15, 0.2) is 48.5 Å². The summed E-state index contributed by atoms with van der Waals surface area (Å²) in [7, 11) is 0. The maximum atomic E-state index is 13.3. The molecule has 9 heteroatoms. The van der Waals surface area contributed by atoms with Crippen LogP contribution in [0.2, 0.25) is 0 Å². The molecule has 0 bridgehead atoms. The van der Waals surface area contributed by atoms with Crippen molar-refractivity contribution in [1.29, 1.82) is 0 Å². The molecule has 1 spiro atoms. The Hall–Kier alpha value is -3.88. The number of benzene rings is 2. The van der Waals surface area contributed by atoms with Gasteiger partial charge >= 0.3 is 5.97 Å². The summed E-state index contributed by atoms with van der Waals surface area (Å²) in [6, 6.07) is 14.2. The smallest absolute Gasteiger partial charge is 0.308 e. The standard InChI is InChI=1S/C25H25N3O6/c29-21-15-33-20-10-4-3-9-19(20)27(21)14-11-23(31)34-16-22(30)28-18-8-2-1-7-17(18)26-24(32)25(28)12-5-6-13-25/h1-4,7-10H,5-6,11-16H2,(H,26,32). The van der Waals surface area contributed by atoms with E-state index in [0.717, 1.165) is 12.8 Å². The molecule has 0 aromatic heterocycles. The first-order valence-electron chi connectivity index (χ1n) is 11.4. The highest BCUT2D eigenvalue weighted by Crippen LogP contribution is 2.45. The third-order valence-corrected chi connectivity index (χ3v) is 6.63. The highest BCUT2D eigenvalue weighted by molar-refractivity contribution is 6.15. The normalized spacial score (nSPS) is 18.1. The summed E-state index contributed by atoms with van der Waals surface area (Å²) in [5.41, 5.74) is 0.818. The van der Waals surface area contributed by atoms with Gasteiger partial charge in [0.2, 0.25) is 0 Å². The Kier molecular flexibility index (Phi) is 5.69. The Morgan fingerprint density at radius 3 is 2.50 bits per heavy atom. The van der Waals surface area contributed by atoms with E-state index in [1.54, 1.807) is 36.4 Å². The van der Waals surface area contributed by atoms with Crippen LogP contribution in [-0.2, 0) is 23.9 Å². The average Bonchev–Trinajstić information content (AvgIpc) is 3.33. The fraction of sp³-hybridized carbons (Fsp3) is 0.360. The van der Waals surface area contributed by atoms with E-state index in [-0.39, 0.29) is 31.4 Å². The predicted molar refractivity (Wildman–Crippen MR) is 124 cm³/mol. The Labute approximate surface area is 196 Å². The molecule has 0 unspecified atom stereocenters. The minimum Gasteiger partial charge on any atom is -0.482 e. The van der Waals surface area contributed by atoms with E-state index in [1.165, 1.54) is 9.80 Å². The Balaban J connectivity index is 1.25. The van der Waals surface area contributed by atoms with Gasteiger partial charge in [-0.1, -0.05) is 37.1 Å². The van der Waals surface area contributed by atoms with Gasteiger partial charge in [-0.05, 0) is 37.1 Å². The molecule has 0 saturated heterocycles. The molecule has 2 aromatic carbocycles. The van der Waals surface area contributed by atoms with Gasteiger partial charge in [-0.15, -0.1) is 0 Å². The summed E-state index contributed by atoms with van der Waals surface area (Å²) in [4.78, 5) is 54.0. The van der Waals surface area contributed by atoms with Crippen LogP contribution >= 0.6 is 0 Å². The number of nitrogens with one attached hydrogen (secondary N) is 1. The topological polar surface area (TPSA) is 105 Å². The van der Waals surface area contributed by atoms with E-state index in [1.807, 2.05) is 12.1 Å². The molecule has 0 radical (unpaired) electrons. The zero-order valence-corrected chi connectivity index (χ0v) is 18.6. The number of carbonyl (C=O) groups is 4. The number of anilines is 3. The summed E-state index contributed by atoms with van der Waals surface area (Å²) in [6.45, 7) is -0.454. The SMILES string of the molecule is O=C(CCN1C(=O)COc2ccccc21)OCC(=O)N1c2ccccc2NC(=O)C12CCCC2. The quantitative estimate of drug-likeness (QED) is 0.684. The zero-order valence-electron chi connectivity index (χ0n) is 18.6. The van der Waals surface area contributed by atoms with Crippen LogP contribution < -0.4 is 19.9 Å². The molecule has 1 fully saturated rings. The van der Waals surface area contributed by atoms with Crippen molar-refractivity contribution in [3.8, 4) is 5.75 Å². The van der Waals surface area contributed by atoms with E-state index in [9.17, 15) is 19.2 Å². The van der Waals surface area contributed by atoms with Gasteiger partial charge in [0.1, 0.15) is 11.3 Å². The van der Waals surface area contributed by atoms with Gasteiger partial charge < -0.3 is 19.7 Å². The number of nitrogens with zero attached hydrogens (tertiary/aromatic N) is 2. The van der Waals surface area contributed by atoms with Crippen molar-refractivity contribution in [2.45, 2.75) is 37.6 Å². The number of amides is 3. The maximum absolute atomic E-state index is 13.3. The van der Waals surface area contributed by atoms with Crippen molar-refractivity contribution < 1.29 is 28.7 Å². The number of hydrogen-bond donors (Lipinski definition) is 1. The summed E-state index contributed by atoms with van der Waals surface area (Å²) in [6.07, 6.45) is 2.73. The molecule has 1 aliphatic carbocycles. The molecule has 1 N–H and O–H groups in total. The van der Waals surface area contributed by atoms with E-state index < -0.39 is 24.0 Å². The lowest BCUT2D eigenvalue weighted by atomic mass is 9.90. The number of fused-ring (bicyclic) bond motifs is 2. The number of esters is 1. The van der Waals surface area contributed by atoms with Crippen molar-refractivity contribution in [2.24, 2.45) is 0 Å². The van der Waals surface area contributed by atoms with Gasteiger partial charge in [-0.25, -0.2) is 0 Å². The van der Waals surface area contributed by atoms with E-state index in [4.69, 9.17) is 9.47 Å². The van der Waals surface area contributed by atoms with Gasteiger partial charge in [0, 0.05) is 6.54 Å². The minimum atomic E-state index is -0.957. The van der Waals surface area contributed by atoms with Crippen molar-refractivity contribution >= 4 is 40.8 Å². The first-order chi connectivity index (χ1) is 16.5. The largest absolute Gasteiger partial charge is 0.482 e. The van der Waals surface area contributed by atoms with Gasteiger partial charge in [-0.3, -0.25) is 24.1 Å². The number of ether oxygens (including phenoxy) is 2. The Bertz CT molecular complexity index is 1160. The molecule has 3 aliphatic rings. The molecule has 2 aromatic rings. The Morgan fingerprint density at radius 1 is 1.00 bits per heavy atom. The predicted octanol–water partition coefficient (Wildman–Crippen LogP) is 2.64. The molecule has 5 rings (SSSR count). The third kappa shape index (κ3) is 3.76. The lowest BCUT2D eigenvalue weighted by Crippen LogP contribution is -2.61. The minimum absolute atomic E-state index is 0.0738. The van der Waals surface area contributed by atoms with Gasteiger partial charge in [0.15, 0.2) is 13.2 Å². The fourth-order valence-corrected chi connectivity index (χ4v) is 5.01. The summed E-state index contributed by atoms with van der Waals surface area (Å²) >= 11 is 0. The van der Waals surface area contributed by atoms with Crippen LogP contribution in [0.5, 0.6) is 5.75 Å². The fourth-order valence-electron chi connectivity index (χ4n) is 5.01. The summed E-state index contributed by atoms with van der Waals surface area (Å²) in [5.74, 6) is -0.908. The molecule has 9 nitrogen and oxygen atoms in total. The second kappa shape index (κ2) is 8.81. The average molecular weight is 463 g/mol. The molecular weight excluding hydrogens is 438 g/mol. The number of rotatable bonds is 5. The van der Waals surface area contributed by atoms with Crippen molar-refractivity contribution in [3.63, 3.8) is 0 Å². The molecule has 34 heavy (non-hydrogen) atoms. The van der Waals surface area contributed by atoms with Crippen LogP contribution in [0.1, 0.15) is 32.1 Å². The molecule has 2 aliphatic heterocycles. The van der Waals surface area contributed by atoms with Gasteiger partial charge in [-0.2, -0.15) is 0 Å². The first-order valence-corrected chi connectivity index (χ1v) is 11.4. The lowest BCUT2D eigenvalue weighted by molar-refractivity contribution is -0.148. The lowest BCUT2D eigenvalue weighted by Gasteiger charge is -2.44. The van der Waals surface area contributed by atoms with Crippen LogP contribution in [0.25, 0.3) is 0 Å². The number of para-hydroxylation sites is 4. The highest BCUT2D eigenvalue weighted by Gasteiger charge is 2.52. The first kappa shape index (κ1) is 21.9. The zero-order chi connectivity index (χ0) is 23.7. The van der Waals surface area contributed by atoms with Gasteiger partial charge in [0.05, 0.1) is 23.5 Å². The van der Waals surface area contributed by atoms with Gasteiger partial charge in [0.25, 0.3) is 17.7 Å². The molecule has 176 valence electrons. The maximum Gasteiger partial charge on any atom is 0.308 e. The van der Waals surface area contributed by atoms with Crippen molar-refractivity contribution in [1.82, 2.24) is 0 Å². The summed E-state index contributed by atoms with van der Waals surface area (Å²) in [5, 5.41) is 2.92. The van der Waals surface area contributed by atoms with Crippen LogP contribution in [0, 0.1) is 0 Å². The second-order valence-electron chi connectivity index (χ2n) is 8.65. The summed E-state index contributed by atoms with van der Waals surface area (Å²) < 4.78 is 10.7. The van der Waals surface area contributed by atoms with Crippen molar-refractivity contribution in [2.75, 3.05) is 34.9 Å².